The molecule has 1 heterocycles. The number of nitrogens with zero attached hydrogens (tertiary/aromatic N) is 1. The van der Waals surface area contributed by atoms with Crippen molar-refractivity contribution >= 4 is 29.5 Å². The second-order valence-corrected chi connectivity index (χ2v) is 6.48. The Hall–Kier alpha value is -2.16. The lowest BCUT2D eigenvalue weighted by atomic mass is 9.98. The molecule has 0 amide bonds. The van der Waals surface area contributed by atoms with Crippen molar-refractivity contribution in [1.82, 2.24) is 4.90 Å². The molecule has 1 saturated heterocycles. The molecule has 1 aliphatic heterocycles. The summed E-state index contributed by atoms with van der Waals surface area (Å²) in [5.41, 5.74) is 1.14. The van der Waals surface area contributed by atoms with Crippen molar-refractivity contribution < 1.29 is 34.1 Å². The number of likely N-dealkylation sites (tertiary alicyclic amines) is 1. The minimum absolute atomic E-state index is 0.160. The number of ether oxygens (including phenoxy) is 2. The standard InChI is InChI=1S/C16H22ClNO3.C2H2O4/c1-20-16(19)10-18-8-6-14(7-9-18)12-21-11-13-2-4-15(17)5-3-13;3-1(4)2(5)6/h2-5,14H,6-12H2,1H3;(H,3,4)(H,5,6). The Balaban J connectivity index is 0.000000527. The number of benzene rings is 1. The van der Waals surface area contributed by atoms with Crippen LogP contribution >= 0.6 is 11.6 Å². The molecular weight excluding hydrogens is 378 g/mol. The fourth-order valence-corrected chi connectivity index (χ4v) is 2.61. The molecule has 1 aromatic rings. The topological polar surface area (TPSA) is 113 Å². The van der Waals surface area contributed by atoms with E-state index in [1.165, 1.54) is 7.11 Å². The van der Waals surface area contributed by atoms with Gasteiger partial charge in [0.2, 0.25) is 0 Å². The molecule has 0 bridgehead atoms. The lowest BCUT2D eigenvalue weighted by Gasteiger charge is -2.30. The summed E-state index contributed by atoms with van der Waals surface area (Å²) >= 11 is 5.85. The second kappa shape index (κ2) is 12.3. The van der Waals surface area contributed by atoms with E-state index in [0.29, 0.717) is 19.1 Å². The van der Waals surface area contributed by atoms with E-state index in [2.05, 4.69) is 9.64 Å². The molecule has 27 heavy (non-hydrogen) atoms. The van der Waals surface area contributed by atoms with E-state index < -0.39 is 11.9 Å². The molecule has 0 aliphatic carbocycles. The summed E-state index contributed by atoms with van der Waals surface area (Å²) in [6.45, 7) is 3.66. The van der Waals surface area contributed by atoms with Crippen LogP contribution in [-0.4, -0.2) is 66.4 Å². The van der Waals surface area contributed by atoms with Gasteiger partial charge in [-0.05, 0) is 49.5 Å². The Kier molecular flexibility index (Phi) is 10.4. The SMILES string of the molecule is COC(=O)CN1CCC(COCc2ccc(Cl)cc2)CC1.O=C(O)C(=O)O. The van der Waals surface area contributed by atoms with Crippen molar-refractivity contribution in [2.24, 2.45) is 5.92 Å². The summed E-state index contributed by atoms with van der Waals surface area (Å²) < 4.78 is 10.5. The van der Waals surface area contributed by atoms with Crippen molar-refractivity contribution in [3.63, 3.8) is 0 Å². The normalized spacial score (nSPS) is 14.7. The third-order valence-corrected chi connectivity index (χ3v) is 4.26. The molecule has 0 saturated carbocycles. The summed E-state index contributed by atoms with van der Waals surface area (Å²) in [6.07, 6.45) is 2.13. The van der Waals surface area contributed by atoms with Gasteiger partial charge in [0, 0.05) is 11.6 Å². The van der Waals surface area contributed by atoms with E-state index in [1.807, 2.05) is 24.3 Å². The van der Waals surface area contributed by atoms with Gasteiger partial charge in [0.25, 0.3) is 0 Å². The van der Waals surface area contributed by atoms with E-state index in [-0.39, 0.29) is 5.97 Å². The highest BCUT2D eigenvalue weighted by Gasteiger charge is 2.21. The number of piperidine rings is 1. The Bertz CT molecular complexity index is 601. The summed E-state index contributed by atoms with van der Waals surface area (Å²) in [5, 5.41) is 15.5. The number of carbonyl (C=O) groups excluding carboxylic acids is 1. The monoisotopic (exact) mass is 401 g/mol. The molecule has 8 nitrogen and oxygen atoms in total. The van der Waals surface area contributed by atoms with Crippen molar-refractivity contribution in [3.8, 4) is 0 Å². The molecule has 9 heteroatoms. The maximum atomic E-state index is 11.2. The molecule has 0 aromatic heterocycles. The van der Waals surface area contributed by atoms with Crippen LogP contribution in [0.3, 0.4) is 0 Å². The highest BCUT2D eigenvalue weighted by molar-refractivity contribution is 6.30. The van der Waals surface area contributed by atoms with Crippen molar-refractivity contribution in [2.75, 3.05) is 33.4 Å². The number of hydrogen-bond acceptors (Lipinski definition) is 6. The van der Waals surface area contributed by atoms with Gasteiger partial charge in [-0.15, -0.1) is 0 Å². The quantitative estimate of drug-likeness (QED) is 0.548. The van der Waals surface area contributed by atoms with Gasteiger partial charge >= 0.3 is 17.9 Å². The molecule has 0 radical (unpaired) electrons. The van der Waals surface area contributed by atoms with Gasteiger partial charge in [-0.3, -0.25) is 9.69 Å². The van der Waals surface area contributed by atoms with Crippen LogP contribution in [0.4, 0.5) is 0 Å². The summed E-state index contributed by atoms with van der Waals surface area (Å²) in [5.74, 6) is -3.23. The maximum Gasteiger partial charge on any atom is 0.414 e. The van der Waals surface area contributed by atoms with Crippen LogP contribution in [0.25, 0.3) is 0 Å². The summed E-state index contributed by atoms with van der Waals surface area (Å²) in [6, 6.07) is 7.74. The third-order valence-electron chi connectivity index (χ3n) is 4.01. The minimum Gasteiger partial charge on any atom is -0.473 e. The minimum atomic E-state index is -1.82. The third kappa shape index (κ3) is 9.93. The number of esters is 1. The average Bonchev–Trinajstić information content (AvgIpc) is 2.65. The molecule has 2 N–H and O–H groups in total. The average molecular weight is 402 g/mol. The van der Waals surface area contributed by atoms with Crippen molar-refractivity contribution in [1.29, 1.82) is 0 Å². The van der Waals surface area contributed by atoms with Crippen molar-refractivity contribution in [3.05, 3.63) is 34.9 Å². The Morgan fingerprint density at radius 2 is 1.67 bits per heavy atom. The summed E-state index contributed by atoms with van der Waals surface area (Å²) in [7, 11) is 1.43. The van der Waals surface area contributed by atoms with E-state index in [1.54, 1.807) is 0 Å². The van der Waals surface area contributed by atoms with Crippen LogP contribution in [0.5, 0.6) is 0 Å². The molecule has 1 aliphatic rings. The predicted octanol–water partition coefficient (Wildman–Crippen LogP) is 1.90. The molecule has 0 atom stereocenters. The largest absolute Gasteiger partial charge is 0.473 e. The zero-order valence-corrected chi connectivity index (χ0v) is 15.9. The molecule has 2 rings (SSSR count). The van der Waals surface area contributed by atoms with Crippen LogP contribution in [-0.2, 0) is 30.5 Å². The smallest absolute Gasteiger partial charge is 0.414 e. The van der Waals surface area contributed by atoms with E-state index >= 15 is 0 Å². The molecule has 1 aromatic carbocycles. The number of carboxylic acids is 2. The predicted molar refractivity (Wildman–Crippen MR) is 97.6 cm³/mol. The first-order chi connectivity index (χ1) is 12.8. The molecule has 0 spiro atoms. The van der Waals surface area contributed by atoms with Gasteiger partial charge in [-0.25, -0.2) is 9.59 Å². The molecular formula is C18H24ClNO7. The van der Waals surface area contributed by atoms with Crippen LogP contribution in [0.2, 0.25) is 5.02 Å². The lowest BCUT2D eigenvalue weighted by Crippen LogP contribution is -2.38. The maximum absolute atomic E-state index is 11.2. The number of hydrogen-bond donors (Lipinski definition) is 2. The first-order valence-corrected chi connectivity index (χ1v) is 8.77. The van der Waals surface area contributed by atoms with Gasteiger partial charge in [-0.1, -0.05) is 23.7 Å². The van der Waals surface area contributed by atoms with Crippen LogP contribution < -0.4 is 0 Å². The van der Waals surface area contributed by atoms with Crippen LogP contribution in [0.15, 0.2) is 24.3 Å². The fraction of sp³-hybridized carbons (Fsp3) is 0.500. The number of aliphatic carboxylic acids is 2. The highest BCUT2D eigenvalue weighted by atomic mass is 35.5. The zero-order valence-electron chi connectivity index (χ0n) is 15.1. The Morgan fingerprint density at radius 1 is 1.11 bits per heavy atom. The van der Waals surface area contributed by atoms with E-state index in [4.69, 9.17) is 36.1 Å². The van der Waals surface area contributed by atoms with Gasteiger partial charge < -0.3 is 19.7 Å². The van der Waals surface area contributed by atoms with Crippen LogP contribution in [0.1, 0.15) is 18.4 Å². The Morgan fingerprint density at radius 3 is 2.15 bits per heavy atom. The summed E-state index contributed by atoms with van der Waals surface area (Å²) in [4.78, 5) is 31.6. The van der Waals surface area contributed by atoms with Crippen molar-refractivity contribution in [2.45, 2.75) is 19.4 Å². The van der Waals surface area contributed by atoms with E-state index in [9.17, 15) is 4.79 Å². The highest BCUT2D eigenvalue weighted by Crippen LogP contribution is 2.18. The number of halogens is 1. The van der Waals surface area contributed by atoms with Gasteiger partial charge in [0.05, 0.1) is 20.3 Å². The first kappa shape index (κ1) is 22.9. The zero-order chi connectivity index (χ0) is 20.2. The first-order valence-electron chi connectivity index (χ1n) is 8.39. The fourth-order valence-electron chi connectivity index (χ4n) is 2.48. The number of methoxy groups -OCH3 is 1. The van der Waals surface area contributed by atoms with Gasteiger partial charge in [0.15, 0.2) is 0 Å². The molecule has 1 fully saturated rings. The van der Waals surface area contributed by atoms with E-state index in [0.717, 1.165) is 43.1 Å². The van der Waals surface area contributed by atoms with Gasteiger partial charge in [0.1, 0.15) is 0 Å². The lowest BCUT2D eigenvalue weighted by molar-refractivity contribution is -0.159. The van der Waals surface area contributed by atoms with Gasteiger partial charge in [-0.2, -0.15) is 0 Å². The second-order valence-electron chi connectivity index (χ2n) is 6.05. The number of carboxylic acid groups (broad SMARTS) is 2. The van der Waals surface area contributed by atoms with Crippen LogP contribution in [0, 0.1) is 5.92 Å². The Labute approximate surface area is 162 Å². The molecule has 150 valence electrons. The number of carbonyl (C=O) groups is 3. The molecule has 0 unspecified atom stereocenters. The number of rotatable bonds is 6.